The van der Waals surface area contributed by atoms with Crippen molar-refractivity contribution in [1.29, 1.82) is 0 Å². The van der Waals surface area contributed by atoms with Crippen molar-refractivity contribution in [3.05, 3.63) is 82.4 Å². The zero-order valence-electron chi connectivity index (χ0n) is 17.4. The van der Waals surface area contributed by atoms with Gasteiger partial charge in [0.25, 0.3) is 17.5 Å². The molecule has 0 radical (unpaired) electrons. The lowest BCUT2D eigenvalue weighted by Crippen LogP contribution is -2.43. The summed E-state index contributed by atoms with van der Waals surface area (Å²) >= 11 is 0. The fourth-order valence-electron chi connectivity index (χ4n) is 3.22. The molecule has 0 bridgehead atoms. The number of nitrogens with one attached hydrogen (secondary N) is 2. The van der Waals surface area contributed by atoms with Gasteiger partial charge < -0.3 is 15.4 Å². The maximum atomic E-state index is 13.9. The van der Waals surface area contributed by atoms with Crippen LogP contribution in [0.15, 0.2) is 60.8 Å². The normalized spacial score (nSPS) is 12.4. The number of halogens is 1. The number of benzene rings is 2. The number of rotatable bonds is 6. The van der Waals surface area contributed by atoms with Gasteiger partial charge in [-0.05, 0) is 36.4 Å². The summed E-state index contributed by atoms with van der Waals surface area (Å²) in [6, 6.07) is 11.8. The molecule has 0 saturated heterocycles. The van der Waals surface area contributed by atoms with Gasteiger partial charge in [0.1, 0.15) is 23.8 Å². The van der Waals surface area contributed by atoms with Crippen molar-refractivity contribution >= 4 is 40.5 Å². The number of ether oxygens (including phenoxy) is 1. The molecule has 0 fully saturated rings. The Balaban J connectivity index is 1.54. The van der Waals surface area contributed by atoms with E-state index in [-0.39, 0.29) is 40.8 Å². The van der Waals surface area contributed by atoms with E-state index in [0.29, 0.717) is 0 Å². The number of hydrogen-bond acceptors (Lipinski definition) is 7. The van der Waals surface area contributed by atoms with Crippen LogP contribution < -0.4 is 20.3 Å². The Labute approximate surface area is 191 Å². The van der Waals surface area contributed by atoms with Crippen LogP contribution in [0.25, 0.3) is 0 Å². The maximum absolute atomic E-state index is 13.9. The molecule has 12 heteroatoms. The first-order valence-electron chi connectivity index (χ1n) is 9.85. The molecule has 1 aromatic heterocycles. The minimum Gasteiger partial charge on any atom is -0.482 e. The van der Waals surface area contributed by atoms with E-state index >= 15 is 0 Å². The lowest BCUT2D eigenvalue weighted by molar-refractivity contribution is -0.384. The third kappa shape index (κ3) is 4.80. The minimum absolute atomic E-state index is 0.0470. The zero-order valence-corrected chi connectivity index (χ0v) is 17.4. The molecular weight excluding hydrogens is 449 g/mol. The number of hydrogen-bond donors (Lipinski definition) is 2. The van der Waals surface area contributed by atoms with Gasteiger partial charge in [-0.1, -0.05) is 6.07 Å². The van der Waals surface area contributed by atoms with E-state index in [0.717, 1.165) is 23.1 Å². The molecule has 0 unspecified atom stereocenters. The first-order chi connectivity index (χ1) is 16.3. The molecule has 0 aliphatic carbocycles. The quantitative estimate of drug-likeness (QED) is 0.421. The zero-order chi connectivity index (χ0) is 24.2. The first kappa shape index (κ1) is 22.3. The van der Waals surface area contributed by atoms with E-state index in [1.807, 2.05) is 0 Å². The van der Waals surface area contributed by atoms with Crippen molar-refractivity contribution in [3.63, 3.8) is 0 Å². The van der Waals surface area contributed by atoms with Gasteiger partial charge in [-0.2, -0.15) is 0 Å². The van der Waals surface area contributed by atoms with Crippen molar-refractivity contribution in [1.82, 2.24) is 4.98 Å². The Morgan fingerprint density at radius 2 is 1.94 bits per heavy atom. The summed E-state index contributed by atoms with van der Waals surface area (Å²) in [5.41, 5.74) is -0.0548. The van der Waals surface area contributed by atoms with Crippen molar-refractivity contribution in [2.75, 3.05) is 28.7 Å². The smallest absolute Gasteiger partial charge is 0.274 e. The SMILES string of the molecule is O=C(CN1C(=O)COc2ccc([N+](=O)[O-])cc21)Nc1cc(F)ccc1NC(=O)c1ccccn1. The standard InChI is InChI=1S/C22H16FN5O6/c23-13-4-6-15(26-22(31)16-3-1-2-8-24-16)17(9-13)25-20(29)11-27-18-10-14(28(32)33)5-7-19(18)34-12-21(27)30/h1-10H,11-12H2,(H,25,29)(H,26,31). The van der Waals surface area contributed by atoms with Crippen molar-refractivity contribution < 1.29 is 28.4 Å². The van der Waals surface area contributed by atoms with Gasteiger partial charge >= 0.3 is 0 Å². The lowest BCUT2D eigenvalue weighted by Gasteiger charge is -2.28. The van der Waals surface area contributed by atoms with Crippen LogP contribution in [-0.2, 0) is 9.59 Å². The number of nitro benzene ring substituents is 1. The Morgan fingerprint density at radius 1 is 1.12 bits per heavy atom. The van der Waals surface area contributed by atoms with Crippen LogP contribution in [0.5, 0.6) is 5.75 Å². The summed E-state index contributed by atoms with van der Waals surface area (Å²) in [7, 11) is 0. The van der Waals surface area contributed by atoms with E-state index in [1.54, 1.807) is 12.1 Å². The molecule has 2 aromatic carbocycles. The molecule has 3 amide bonds. The number of carbonyl (C=O) groups excluding carboxylic acids is 3. The van der Waals surface area contributed by atoms with Crippen LogP contribution >= 0.6 is 0 Å². The fourth-order valence-corrected chi connectivity index (χ4v) is 3.22. The van der Waals surface area contributed by atoms with Gasteiger partial charge in [0.2, 0.25) is 5.91 Å². The number of amides is 3. The predicted octanol–water partition coefficient (Wildman–Crippen LogP) is 2.75. The molecule has 0 saturated carbocycles. The van der Waals surface area contributed by atoms with Crippen LogP contribution in [-0.4, -0.2) is 40.8 Å². The second kappa shape index (κ2) is 9.32. The van der Waals surface area contributed by atoms with Crippen molar-refractivity contribution in [3.8, 4) is 5.75 Å². The summed E-state index contributed by atoms with van der Waals surface area (Å²) < 4.78 is 19.1. The summed E-state index contributed by atoms with van der Waals surface area (Å²) in [6.45, 7) is -0.885. The van der Waals surface area contributed by atoms with Gasteiger partial charge in [-0.3, -0.25) is 34.4 Å². The van der Waals surface area contributed by atoms with Crippen LogP contribution in [0.4, 0.5) is 27.1 Å². The molecule has 1 aliphatic rings. The number of carbonyl (C=O) groups is 3. The molecule has 1 aliphatic heterocycles. The highest BCUT2D eigenvalue weighted by Gasteiger charge is 2.29. The molecule has 34 heavy (non-hydrogen) atoms. The average molecular weight is 465 g/mol. The Hall–Kier alpha value is -4.87. The minimum atomic E-state index is -0.730. The highest BCUT2D eigenvalue weighted by molar-refractivity contribution is 6.08. The predicted molar refractivity (Wildman–Crippen MR) is 118 cm³/mol. The second-order valence-corrected chi connectivity index (χ2v) is 7.08. The number of fused-ring (bicyclic) bond motifs is 1. The average Bonchev–Trinajstić information content (AvgIpc) is 2.82. The topological polar surface area (TPSA) is 144 Å². The van der Waals surface area contributed by atoms with Crippen molar-refractivity contribution in [2.24, 2.45) is 0 Å². The Bertz CT molecular complexity index is 1300. The number of nitro groups is 1. The molecule has 0 spiro atoms. The lowest BCUT2D eigenvalue weighted by atomic mass is 10.2. The van der Waals surface area contributed by atoms with E-state index in [2.05, 4.69) is 15.6 Å². The molecule has 4 rings (SSSR count). The molecule has 0 atom stereocenters. The van der Waals surface area contributed by atoms with Crippen LogP contribution in [0.3, 0.4) is 0 Å². The van der Waals surface area contributed by atoms with Crippen LogP contribution in [0.1, 0.15) is 10.5 Å². The Morgan fingerprint density at radius 3 is 2.68 bits per heavy atom. The molecular formula is C22H16FN5O6. The van der Waals surface area contributed by atoms with Gasteiger partial charge in [0, 0.05) is 18.3 Å². The summed E-state index contributed by atoms with van der Waals surface area (Å²) in [5, 5.41) is 16.1. The van der Waals surface area contributed by atoms with Gasteiger partial charge in [0.15, 0.2) is 6.61 Å². The van der Waals surface area contributed by atoms with Crippen LogP contribution in [0, 0.1) is 15.9 Å². The number of aromatic nitrogens is 1. The second-order valence-electron chi connectivity index (χ2n) is 7.08. The Kier molecular flexibility index (Phi) is 6.12. The molecule has 3 aromatic rings. The highest BCUT2D eigenvalue weighted by Crippen LogP contribution is 2.35. The first-order valence-corrected chi connectivity index (χ1v) is 9.85. The molecule has 11 nitrogen and oxygen atoms in total. The molecule has 2 N–H and O–H groups in total. The number of anilines is 3. The largest absolute Gasteiger partial charge is 0.482 e. The molecule has 172 valence electrons. The van der Waals surface area contributed by atoms with Gasteiger partial charge in [-0.25, -0.2) is 4.39 Å². The van der Waals surface area contributed by atoms with E-state index < -0.39 is 35.0 Å². The van der Waals surface area contributed by atoms with Gasteiger partial charge in [-0.15, -0.1) is 0 Å². The van der Waals surface area contributed by atoms with Crippen LogP contribution in [0.2, 0.25) is 0 Å². The number of nitrogens with zero attached hydrogens (tertiary/aromatic N) is 3. The van der Waals surface area contributed by atoms with Crippen molar-refractivity contribution in [2.45, 2.75) is 0 Å². The van der Waals surface area contributed by atoms with E-state index in [4.69, 9.17) is 4.74 Å². The third-order valence-electron chi connectivity index (χ3n) is 4.80. The van der Waals surface area contributed by atoms with Gasteiger partial charge in [0.05, 0.1) is 22.0 Å². The van der Waals surface area contributed by atoms with E-state index in [1.165, 1.54) is 30.5 Å². The monoisotopic (exact) mass is 465 g/mol. The highest BCUT2D eigenvalue weighted by atomic mass is 19.1. The third-order valence-corrected chi connectivity index (χ3v) is 4.80. The maximum Gasteiger partial charge on any atom is 0.274 e. The molecule has 2 heterocycles. The fraction of sp³-hybridized carbons (Fsp3) is 0.0909. The summed E-state index contributed by atoms with van der Waals surface area (Å²) in [4.78, 5) is 53.0. The summed E-state index contributed by atoms with van der Waals surface area (Å²) in [6.07, 6.45) is 1.43. The number of pyridine rings is 1. The number of non-ortho nitro benzene ring substituents is 1. The summed E-state index contributed by atoms with van der Waals surface area (Å²) in [5.74, 6) is -2.37. The van der Waals surface area contributed by atoms with E-state index in [9.17, 15) is 28.9 Å².